The molecular weight excluding hydrogens is 298 g/mol. The first-order valence-electron chi connectivity index (χ1n) is 6.01. The highest BCUT2D eigenvalue weighted by Gasteiger charge is 2.13. The van der Waals surface area contributed by atoms with Gasteiger partial charge in [0, 0.05) is 5.69 Å². The molecule has 0 bridgehead atoms. The van der Waals surface area contributed by atoms with Crippen LogP contribution >= 0.6 is 0 Å². The highest BCUT2D eigenvalue weighted by molar-refractivity contribution is 6.33. The zero-order valence-electron chi connectivity index (χ0n) is 11.0. The fraction of sp³-hybridized carbons (Fsp3) is 0.0714. The molecule has 0 spiro atoms. The van der Waals surface area contributed by atoms with Gasteiger partial charge in [-0.25, -0.2) is 9.18 Å². The molecule has 0 unspecified atom stereocenters. The molecule has 112 valence electrons. The predicted molar refractivity (Wildman–Crippen MR) is 75.1 cm³/mol. The molecule has 2 aromatic carbocycles. The van der Waals surface area contributed by atoms with E-state index in [2.05, 4.69) is 10.1 Å². The van der Waals surface area contributed by atoms with Gasteiger partial charge in [-0.2, -0.15) is 8.78 Å². The monoisotopic (exact) mass is 307 g/mol. The average molecular weight is 307 g/mol. The van der Waals surface area contributed by atoms with Crippen LogP contribution in [0.4, 0.5) is 24.5 Å². The number of carbonyl (C=O) groups is 1. The molecule has 2 aromatic rings. The lowest BCUT2D eigenvalue weighted by Crippen LogP contribution is -2.13. The summed E-state index contributed by atoms with van der Waals surface area (Å²) in [5.74, 6) is -2.22. The van der Waals surface area contributed by atoms with Gasteiger partial charge >= 0.3 is 12.6 Å². The first-order chi connectivity index (χ1) is 10.4. The van der Waals surface area contributed by atoms with Gasteiger partial charge in [-0.3, -0.25) is 0 Å². The number of aromatic carboxylic acids is 1. The minimum atomic E-state index is -2.94. The van der Waals surface area contributed by atoms with Gasteiger partial charge in [0.05, 0.1) is 11.3 Å². The summed E-state index contributed by atoms with van der Waals surface area (Å²) in [6.07, 6.45) is 0. The summed E-state index contributed by atoms with van der Waals surface area (Å²) in [4.78, 5) is 11.1. The molecular formula is C14H9BF3NO3. The van der Waals surface area contributed by atoms with Crippen LogP contribution in [0.15, 0.2) is 36.4 Å². The Morgan fingerprint density at radius 3 is 2.41 bits per heavy atom. The Morgan fingerprint density at radius 2 is 1.86 bits per heavy atom. The van der Waals surface area contributed by atoms with E-state index < -0.39 is 18.4 Å². The van der Waals surface area contributed by atoms with Gasteiger partial charge in [-0.1, -0.05) is 5.46 Å². The summed E-state index contributed by atoms with van der Waals surface area (Å²) in [5.41, 5.74) is -0.0474. The highest BCUT2D eigenvalue weighted by Crippen LogP contribution is 2.23. The number of alkyl halides is 2. The molecule has 0 saturated heterocycles. The van der Waals surface area contributed by atoms with Gasteiger partial charge in [-0.15, -0.1) is 0 Å². The van der Waals surface area contributed by atoms with Crippen molar-refractivity contribution in [3.05, 3.63) is 47.8 Å². The maximum absolute atomic E-state index is 13.3. The number of carboxylic acids is 1. The summed E-state index contributed by atoms with van der Waals surface area (Å²) in [5, 5.41) is 11.8. The van der Waals surface area contributed by atoms with Gasteiger partial charge < -0.3 is 15.2 Å². The zero-order valence-corrected chi connectivity index (χ0v) is 11.0. The molecule has 2 rings (SSSR count). The van der Waals surface area contributed by atoms with Crippen molar-refractivity contribution in [2.75, 3.05) is 5.32 Å². The first-order valence-corrected chi connectivity index (χ1v) is 6.01. The van der Waals surface area contributed by atoms with Crippen LogP contribution in [0, 0.1) is 5.82 Å². The van der Waals surface area contributed by atoms with E-state index in [-0.39, 0.29) is 22.5 Å². The highest BCUT2D eigenvalue weighted by atomic mass is 19.3. The number of hydrogen-bond acceptors (Lipinski definition) is 3. The Labute approximate surface area is 124 Å². The number of anilines is 2. The van der Waals surface area contributed by atoms with Crippen molar-refractivity contribution in [2.24, 2.45) is 0 Å². The largest absolute Gasteiger partial charge is 0.478 e. The number of nitrogens with one attached hydrogen (secondary N) is 1. The third-order valence-corrected chi connectivity index (χ3v) is 2.73. The molecule has 2 N–H and O–H groups in total. The number of hydrogen-bond donors (Lipinski definition) is 2. The average Bonchev–Trinajstić information content (AvgIpc) is 2.44. The van der Waals surface area contributed by atoms with E-state index >= 15 is 0 Å². The molecule has 0 heterocycles. The summed E-state index contributed by atoms with van der Waals surface area (Å²) < 4.78 is 41.6. The van der Waals surface area contributed by atoms with Gasteiger partial charge in [0.15, 0.2) is 0 Å². The van der Waals surface area contributed by atoms with E-state index in [4.69, 9.17) is 13.0 Å². The van der Waals surface area contributed by atoms with Gasteiger partial charge in [0.25, 0.3) is 0 Å². The number of ether oxygens (including phenoxy) is 1. The standard InChI is InChI=1S/C14H9BF3NO3/c15-10-6-12(9(13(20)21)5-11(10)16)19-7-1-3-8(4-2-7)22-14(17)18/h1-6,14,19H,(H,20,21). The minimum Gasteiger partial charge on any atom is -0.478 e. The number of halogens is 3. The molecule has 2 radical (unpaired) electrons. The maximum atomic E-state index is 13.3. The SMILES string of the molecule is [B]c1cc(Nc2ccc(OC(F)F)cc2)c(C(=O)O)cc1F. The number of carboxylic acid groups (broad SMARTS) is 1. The van der Waals surface area contributed by atoms with Crippen molar-refractivity contribution in [2.45, 2.75) is 6.61 Å². The van der Waals surface area contributed by atoms with E-state index in [1.165, 1.54) is 24.3 Å². The van der Waals surface area contributed by atoms with E-state index in [9.17, 15) is 18.0 Å². The Kier molecular flexibility index (Phi) is 4.60. The van der Waals surface area contributed by atoms with Crippen molar-refractivity contribution in [1.29, 1.82) is 0 Å². The molecule has 22 heavy (non-hydrogen) atoms. The molecule has 0 aliphatic carbocycles. The van der Waals surface area contributed by atoms with E-state index in [0.717, 1.165) is 12.1 Å². The van der Waals surface area contributed by atoms with Crippen LogP contribution in [-0.4, -0.2) is 25.5 Å². The van der Waals surface area contributed by atoms with Crippen molar-refractivity contribution in [1.82, 2.24) is 0 Å². The van der Waals surface area contributed by atoms with E-state index in [1.54, 1.807) is 0 Å². The quantitative estimate of drug-likeness (QED) is 0.834. The topological polar surface area (TPSA) is 58.6 Å². The normalized spacial score (nSPS) is 10.5. The maximum Gasteiger partial charge on any atom is 0.387 e. The third-order valence-electron chi connectivity index (χ3n) is 2.73. The second-order valence-corrected chi connectivity index (χ2v) is 4.25. The number of benzene rings is 2. The lowest BCUT2D eigenvalue weighted by Gasteiger charge is -2.12. The van der Waals surface area contributed by atoms with Gasteiger partial charge in [0.2, 0.25) is 0 Å². The number of rotatable bonds is 5. The van der Waals surface area contributed by atoms with Crippen LogP contribution in [0.3, 0.4) is 0 Å². The smallest absolute Gasteiger partial charge is 0.387 e. The fourth-order valence-electron chi connectivity index (χ4n) is 1.75. The molecule has 8 heteroatoms. The second kappa shape index (κ2) is 6.42. The summed E-state index contributed by atoms with van der Waals surface area (Å²) in [6.45, 7) is -2.94. The molecule has 0 fully saturated rings. The third kappa shape index (κ3) is 3.72. The van der Waals surface area contributed by atoms with Crippen LogP contribution in [-0.2, 0) is 0 Å². The second-order valence-electron chi connectivity index (χ2n) is 4.25. The lowest BCUT2D eigenvalue weighted by atomic mass is 9.93. The molecule has 0 aliphatic rings. The van der Waals surface area contributed by atoms with Crippen molar-refractivity contribution in [3.8, 4) is 5.75 Å². The van der Waals surface area contributed by atoms with Crippen LogP contribution < -0.4 is 15.5 Å². The molecule has 0 aromatic heterocycles. The zero-order chi connectivity index (χ0) is 16.3. The summed E-state index contributed by atoms with van der Waals surface area (Å²) >= 11 is 0. The van der Waals surface area contributed by atoms with E-state index in [1.807, 2.05) is 0 Å². The van der Waals surface area contributed by atoms with Crippen LogP contribution in [0.5, 0.6) is 5.75 Å². The van der Waals surface area contributed by atoms with Crippen molar-refractivity contribution >= 4 is 30.7 Å². The lowest BCUT2D eigenvalue weighted by molar-refractivity contribution is -0.0498. The van der Waals surface area contributed by atoms with Crippen molar-refractivity contribution < 1.29 is 27.8 Å². The minimum absolute atomic E-state index is 0.0439. The first kappa shape index (κ1) is 15.7. The molecule has 0 aliphatic heterocycles. The van der Waals surface area contributed by atoms with Crippen molar-refractivity contribution in [3.63, 3.8) is 0 Å². The molecule has 4 nitrogen and oxygen atoms in total. The summed E-state index contributed by atoms with van der Waals surface area (Å²) in [7, 11) is 5.41. The Balaban J connectivity index is 2.26. The van der Waals surface area contributed by atoms with Crippen LogP contribution in [0.25, 0.3) is 0 Å². The van der Waals surface area contributed by atoms with Crippen LogP contribution in [0.2, 0.25) is 0 Å². The van der Waals surface area contributed by atoms with Crippen LogP contribution in [0.1, 0.15) is 10.4 Å². The Hall–Kier alpha value is -2.64. The van der Waals surface area contributed by atoms with Gasteiger partial charge in [-0.05, 0) is 36.4 Å². The molecule has 0 amide bonds. The van der Waals surface area contributed by atoms with E-state index in [0.29, 0.717) is 5.69 Å². The molecule has 0 atom stereocenters. The molecule has 0 saturated carbocycles. The fourth-order valence-corrected chi connectivity index (χ4v) is 1.75. The van der Waals surface area contributed by atoms with Gasteiger partial charge in [0.1, 0.15) is 19.4 Å². The Bertz CT molecular complexity index is 692. The predicted octanol–water partition coefficient (Wildman–Crippen LogP) is 2.66. The summed E-state index contributed by atoms with van der Waals surface area (Å²) in [6, 6.07) is 7.31. The Morgan fingerprint density at radius 1 is 1.23 bits per heavy atom.